The SMILES string of the molecule is COS(=O)(=O)OC.COc1ccc(-c2ccc3oc(C)nc3c2)cc1. The highest BCUT2D eigenvalue weighted by atomic mass is 32.3. The number of fused-ring (bicyclic) bond motifs is 1. The summed E-state index contributed by atoms with van der Waals surface area (Å²) in [7, 11) is 0.0617. The second-order valence-electron chi connectivity index (χ2n) is 4.89. The fraction of sp³-hybridized carbons (Fsp3) is 0.235. The lowest BCUT2D eigenvalue weighted by Crippen LogP contribution is -2.02. The van der Waals surface area contributed by atoms with E-state index in [0.717, 1.165) is 42.2 Å². The van der Waals surface area contributed by atoms with Gasteiger partial charge in [0.15, 0.2) is 11.5 Å². The van der Waals surface area contributed by atoms with Crippen molar-refractivity contribution >= 4 is 21.5 Å². The Morgan fingerprint density at radius 1 is 0.920 bits per heavy atom. The van der Waals surface area contributed by atoms with Gasteiger partial charge >= 0.3 is 10.4 Å². The highest BCUT2D eigenvalue weighted by Crippen LogP contribution is 2.26. The summed E-state index contributed by atoms with van der Waals surface area (Å²) in [5, 5.41) is 0. The van der Waals surface area contributed by atoms with Gasteiger partial charge in [0, 0.05) is 6.92 Å². The normalized spacial score (nSPS) is 11.0. The molecule has 0 spiro atoms. The van der Waals surface area contributed by atoms with Crippen LogP contribution in [0.15, 0.2) is 46.9 Å². The molecule has 0 aliphatic rings. The third kappa shape index (κ3) is 5.02. The summed E-state index contributed by atoms with van der Waals surface area (Å²) in [5.41, 5.74) is 3.97. The number of nitrogens with zero attached hydrogens (tertiary/aromatic N) is 1. The molecule has 134 valence electrons. The van der Waals surface area contributed by atoms with Crippen molar-refractivity contribution in [2.75, 3.05) is 21.3 Å². The summed E-state index contributed by atoms with van der Waals surface area (Å²) >= 11 is 0. The summed E-state index contributed by atoms with van der Waals surface area (Å²) in [6, 6.07) is 14.0. The van der Waals surface area contributed by atoms with Gasteiger partial charge in [-0.2, -0.15) is 8.42 Å². The van der Waals surface area contributed by atoms with Crippen molar-refractivity contribution < 1.29 is 25.9 Å². The molecule has 0 aliphatic carbocycles. The van der Waals surface area contributed by atoms with Crippen molar-refractivity contribution in [2.45, 2.75) is 6.92 Å². The van der Waals surface area contributed by atoms with E-state index in [1.165, 1.54) is 0 Å². The minimum Gasteiger partial charge on any atom is -0.497 e. The molecule has 25 heavy (non-hydrogen) atoms. The lowest BCUT2D eigenvalue weighted by molar-refractivity contribution is 0.286. The first kappa shape index (κ1) is 18.9. The van der Waals surface area contributed by atoms with Gasteiger partial charge in [0.25, 0.3) is 0 Å². The summed E-state index contributed by atoms with van der Waals surface area (Å²) < 4.78 is 38.1. The third-order valence-electron chi connectivity index (χ3n) is 3.33. The fourth-order valence-corrected chi connectivity index (χ4v) is 2.21. The van der Waals surface area contributed by atoms with Gasteiger partial charge in [0.2, 0.25) is 0 Å². The van der Waals surface area contributed by atoms with E-state index < -0.39 is 10.4 Å². The van der Waals surface area contributed by atoms with Gasteiger partial charge in [0.1, 0.15) is 11.3 Å². The van der Waals surface area contributed by atoms with Crippen LogP contribution in [0.3, 0.4) is 0 Å². The monoisotopic (exact) mass is 365 g/mol. The first-order valence-electron chi connectivity index (χ1n) is 7.26. The maximum atomic E-state index is 9.92. The number of rotatable bonds is 4. The van der Waals surface area contributed by atoms with Crippen LogP contribution < -0.4 is 4.74 Å². The van der Waals surface area contributed by atoms with Crippen molar-refractivity contribution in [3.05, 3.63) is 48.4 Å². The topological polar surface area (TPSA) is 87.9 Å². The van der Waals surface area contributed by atoms with Gasteiger partial charge in [-0.1, -0.05) is 18.2 Å². The third-order valence-corrected chi connectivity index (χ3v) is 4.14. The van der Waals surface area contributed by atoms with Crippen molar-refractivity contribution in [3.8, 4) is 16.9 Å². The van der Waals surface area contributed by atoms with Crippen LogP contribution in [0.2, 0.25) is 0 Å². The first-order valence-corrected chi connectivity index (χ1v) is 8.59. The number of oxazole rings is 1. The molecule has 0 aliphatic heterocycles. The largest absolute Gasteiger partial charge is 0.497 e. The highest BCUT2D eigenvalue weighted by Gasteiger charge is 2.05. The molecule has 0 radical (unpaired) electrons. The van der Waals surface area contributed by atoms with E-state index >= 15 is 0 Å². The summed E-state index contributed by atoms with van der Waals surface area (Å²) in [6.45, 7) is 1.85. The number of hydrogen-bond acceptors (Lipinski definition) is 7. The van der Waals surface area contributed by atoms with Gasteiger partial charge in [-0.25, -0.2) is 4.98 Å². The number of methoxy groups -OCH3 is 1. The van der Waals surface area contributed by atoms with E-state index in [0.29, 0.717) is 5.89 Å². The Labute approximate surface area is 146 Å². The molecule has 0 saturated heterocycles. The van der Waals surface area contributed by atoms with Gasteiger partial charge in [0.05, 0.1) is 21.3 Å². The summed E-state index contributed by atoms with van der Waals surface area (Å²) in [6.07, 6.45) is 0. The van der Waals surface area contributed by atoms with E-state index in [9.17, 15) is 8.42 Å². The number of benzene rings is 2. The molecule has 0 fully saturated rings. The highest BCUT2D eigenvalue weighted by molar-refractivity contribution is 7.81. The maximum absolute atomic E-state index is 9.92. The molecule has 1 aromatic heterocycles. The zero-order chi connectivity index (χ0) is 18.4. The molecule has 3 rings (SSSR count). The summed E-state index contributed by atoms with van der Waals surface area (Å²) in [4.78, 5) is 4.34. The van der Waals surface area contributed by atoms with Crippen molar-refractivity contribution in [3.63, 3.8) is 0 Å². The molecule has 8 heteroatoms. The maximum Gasteiger partial charge on any atom is 0.399 e. The van der Waals surface area contributed by atoms with Gasteiger partial charge < -0.3 is 9.15 Å². The number of hydrogen-bond donors (Lipinski definition) is 0. The van der Waals surface area contributed by atoms with Gasteiger partial charge in [-0.3, -0.25) is 8.37 Å². The Bertz CT molecular complexity index is 921. The molecule has 7 nitrogen and oxygen atoms in total. The Morgan fingerprint density at radius 3 is 2.04 bits per heavy atom. The minimum atomic E-state index is -3.66. The first-order chi connectivity index (χ1) is 11.9. The van der Waals surface area contributed by atoms with E-state index in [1.54, 1.807) is 7.11 Å². The summed E-state index contributed by atoms with van der Waals surface area (Å²) in [5.74, 6) is 1.55. The van der Waals surface area contributed by atoms with Crippen molar-refractivity contribution in [1.29, 1.82) is 0 Å². The van der Waals surface area contributed by atoms with Crippen molar-refractivity contribution in [2.24, 2.45) is 0 Å². The van der Waals surface area contributed by atoms with Crippen LogP contribution in [0.4, 0.5) is 0 Å². The Morgan fingerprint density at radius 2 is 1.52 bits per heavy atom. The van der Waals surface area contributed by atoms with Crippen LogP contribution in [0.1, 0.15) is 5.89 Å². The molecule has 0 unspecified atom stereocenters. The molecule has 0 N–H and O–H groups in total. The molecular weight excluding hydrogens is 346 g/mol. The molecule has 2 aromatic carbocycles. The lowest BCUT2D eigenvalue weighted by atomic mass is 10.1. The Balaban J connectivity index is 0.000000277. The zero-order valence-electron chi connectivity index (χ0n) is 14.3. The van der Waals surface area contributed by atoms with Crippen LogP contribution in [0, 0.1) is 6.92 Å². The smallest absolute Gasteiger partial charge is 0.399 e. The zero-order valence-corrected chi connectivity index (χ0v) is 15.2. The molecule has 0 bridgehead atoms. The second-order valence-corrected chi connectivity index (χ2v) is 6.37. The predicted molar refractivity (Wildman–Crippen MR) is 93.7 cm³/mol. The standard InChI is InChI=1S/C15H13NO2.C2H6O4S/c1-10-16-14-9-12(5-8-15(14)18-10)11-3-6-13(17-2)7-4-11;1-5-7(3,4)6-2/h3-9H,1-2H3;1-2H3. The minimum absolute atomic E-state index is 0.692. The molecule has 1 heterocycles. The predicted octanol–water partition coefficient (Wildman–Crippen LogP) is 3.34. The fourth-order valence-electron chi connectivity index (χ4n) is 2.07. The van der Waals surface area contributed by atoms with Crippen LogP contribution >= 0.6 is 0 Å². The molecule has 0 saturated carbocycles. The quantitative estimate of drug-likeness (QED) is 0.700. The van der Waals surface area contributed by atoms with Gasteiger partial charge in [-0.05, 0) is 35.4 Å². The van der Waals surface area contributed by atoms with Crippen LogP contribution in [0.25, 0.3) is 22.2 Å². The van der Waals surface area contributed by atoms with Crippen LogP contribution in [-0.2, 0) is 18.8 Å². The average Bonchev–Trinajstić information content (AvgIpc) is 3.01. The Hall–Kier alpha value is -2.42. The van der Waals surface area contributed by atoms with Crippen LogP contribution in [0.5, 0.6) is 5.75 Å². The average molecular weight is 365 g/mol. The van der Waals surface area contributed by atoms with E-state index in [2.05, 4.69) is 13.4 Å². The number of aryl methyl sites for hydroxylation is 1. The Kier molecular flexibility index (Phi) is 6.13. The molecular formula is C17H19NO6S. The van der Waals surface area contributed by atoms with E-state index in [1.807, 2.05) is 49.4 Å². The molecule has 3 aromatic rings. The molecule has 0 atom stereocenters. The van der Waals surface area contributed by atoms with Gasteiger partial charge in [-0.15, -0.1) is 0 Å². The number of aromatic nitrogens is 1. The van der Waals surface area contributed by atoms with Crippen LogP contribution in [-0.4, -0.2) is 34.7 Å². The second kappa shape index (κ2) is 8.11. The molecule has 0 amide bonds. The van der Waals surface area contributed by atoms with E-state index in [-0.39, 0.29) is 0 Å². The van der Waals surface area contributed by atoms with E-state index in [4.69, 9.17) is 9.15 Å². The number of ether oxygens (including phenoxy) is 1. The van der Waals surface area contributed by atoms with Crippen molar-refractivity contribution in [1.82, 2.24) is 4.98 Å². The lowest BCUT2D eigenvalue weighted by Gasteiger charge is -2.03.